The zero-order valence-electron chi connectivity index (χ0n) is 17.6. The number of nitrogens with one attached hydrogen (secondary N) is 1. The van der Waals surface area contributed by atoms with Gasteiger partial charge < -0.3 is 15.6 Å². The van der Waals surface area contributed by atoms with Crippen molar-refractivity contribution in [2.75, 3.05) is 5.84 Å². The maximum absolute atomic E-state index is 12.2. The summed E-state index contributed by atoms with van der Waals surface area (Å²) >= 11 is 1.34. The minimum atomic E-state index is -0.165. The van der Waals surface area contributed by atoms with Crippen LogP contribution in [0.5, 0.6) is 5.75 Å². The van der Waals surface area contributed by atoms with Gasteiger partial charge in [-0.1, -0.05) is 56.8 Å². The normalized spacial score (nSPS) is 11.7. The Morgan fingerprint density at radius 1 is 1.10 bits per heavy atom. The van der Waals surface area contributed by atoms with Gasteiger partial charge in [-0.3, -0.25) is 4.79 Å². The second kappa shape index (κ2) is 8.43. The first-order valence-electron chi connectivity index (χ1n) is 9.85. The largest absolute Gasteiger partial charge is 0.486 e. The second-order valence-corrected chi connectivity index (χ2v) is 9.09. The molecule has 4 aromatic rings. The molecule has 2 heterocycles. The molecule has 0 fully saturated rings. The molecule has 2 aromatic heterocycles. The number of para-hydroxylation sites is 1. The minimum absolute atomic E-state index is 0.0896. The van der Waals surface area contributed by atoms with Crippen LogP contribution in [0.25, 0.3) is 10.9 Å². The fraction of sp³-hybridized carbons (Fsp3) is 0.273. The molecule has 2 aromatic carbocycles. The number of ether oxygens (including phenoxy) is 1. The number of H-pyrrole nitrogens is 1. The Morgan fingerprint density at radius 3 is 2.58 bits per heavy atom. The van der Waals surface area contributed by atoms with Crippen LogP contribution in [0.4, 0.5) is 0 Å². The maximum atomic E-state index is 12.2. The van der Waals surface area contributed by atoms with Crippen LogP contribution in [-0.4, -0.2) is 24.8 Å². The maximum Gasteiger partial charge on any atom is 0.258 e. The van der Waals surface area contributed by atoms with Gasteiger partial charge in [0.1, 0.15) is 18.2 Å². The standard InChI is InChI=1S/C22H24N6O2S/c1-22(2,3)14-8-10-15(11-9-14)30-12-19-26-27-21(28(19)23)31-13-18-24-17-7-5-4-6-16(17)20(29)25-18/h4-11H,12-13,23H2,1-3H3,(H,24,25,29). The topological polar surface area (TPSA) is 112 Å². The predicted octanol–water partition coefficient (Wildman–Crippen LogP) is 3.40. The minimum Gasteiger partial charge on any atom is -0.486 e. The molecule has 4 rings (SSSR count). The number of rotatable bonds is 6. The molecule has 0 saturated heterocycles. The van der Waals surface area contributed by atoms with E-state index in [1.165, 1.54) is 22.0 Å². The van der Waals surface area contributed by atoms with E-state index in [1.807, 2.05) is 30.3 Å². The summed E-state index contributed by atoms with van der Waals surface area (Å²) in [5.74, 6) is 8.33. The van der Waals surface area contributed by atoms with Crippen LogP contribution >= 0.6 is 11.8 Å². The summed E-state index contributed by atoms with van der Waals surface area (Å²) in [6, 6.07) is 15.2. The molecule has 0 atom stereocenters. The van der Waals surface area contributed by atoms with Gasteiger partial charge in [0.15, 0.2) is 5.82 Å². The third kappa shape index (κ3) is 4.72. The highest BCUT2D eigenvalue weighted by atomic mass is 32.2. The molecule has 0 aliphatic rings. The molecule has 0 amide bonds. The highest BCUT2D eigenvalue weighted by Gasteiger charge is 2.14. The summed E-state index contributed by atoms with van der Waals surface area (Å²) in [5, 5.41) is 9.32. The van der Waals surface area contributed by atoms with Crippen LogP contribution in [0.2, 0.25) is 0 Å². The predicted molar refractivity (Wildman–Crippen MR) is 122 cm³/mol. The molecule has 0 saturated carbocycles. The van der Waals surface area contributed by atoms with E-state index < -0.39 is 0 Å². The Morgan fingerprint density at radius 2 is 1.84 bits per heavy atom. The molecule has 9 heteroatoms. The first-order valence-corrected chi connectivity index (χ1v) is 10.8. The van der Waals surface area contributed by atoms with Gasteiger partial charge in [-0.25, -0.2) is 9.66 Å². The van der Waals surface area contributed by atoms with Crippen molar-refractivity contribution in [1.82, 2.24) is 24.8 Å². The summed E-state index contributed by atoms with van der Waals surface area (Å²) in [5.41, 5.74) is 1.82. The van der Waals surface area contributed by atoms with Crippen LogP contribution in [0, 0.1) is 0 Å². The number of aromatic nitrogens is 5. The van der Waals surface area contributed by atoms with Crippen molar-refractivity contribution in [3.8, 4) is 5.75 Å². The molecule has 0 aliphatic heterocycles. The summed E-state index contributed by atoms with van der Waals surface area (Å²) < 4.78 is 7.20. The molecule has 0 radical (unpaired) electrons. The van der Waals surface area contributed by atoms with Crippen LogP contribution in [-0.2, 0) is 17.8 Å². The lowest BCUT2D eigenvalue weighted by Gasteiger charge is -2.19. The number of nitrogen functional groups attached to an aromatic ring is 1. The molecule has 8 nitrogen and oxygen atoms in total. The van der Waals surface area contributed by atoms with Crippen molar-refractivity contribution in [3.05, 3.63) is 76.1 Å². The summed E-state index contributed by atoms with van der Waals surface area (Å²) in [6.45, 7) is 6.70. The number of aromatic amines is 1. The Hall–Kier alpha value is -3.33. The first-order chi connectivity index (χ1) is 14.8. The van der Waals surface area contributed by atoms with Crippen LogP contribution < -0.4 is 16.1 Å². The van der Waals surface area contributed by atoms with Crippen LogP contribution in [0.1, 0.15) is 38.0 Å². The third-order valence-electron chi connectivity index (χ3n) is 4.82. The van der Waals surface area contributed by atoms with Crippen LogP contribution in [0.3, 0.4) is 0 Å². The number of hydrogen-bond donors (Lipinski definition) is 2. The highest BCUT2D eigenvalue weighted by molar-refractivity contribution is 7.98. The van der Waals surface area contributed by atoms with E-state index in [0.717, 1.165) is 5.75 Å². The van der Waals surface area contributed by atoms with Crippen molar-refractivity contribution >= 4 is 22.7 Å². The van der Waals surface area contributed by atoms with E-state index in [0.29, 0.717) is 33.5 Å². The van der Waals surface area contributed by atoms with Gasteiger partial charge in [0, 0.05) is 0 Å². The Labute approximate surface area is 183 Å². The quantitative estimate of drug-likeness (QED) is 0.352. The van der Waals surface area contributed by atoms with Crippen molar-refractivity contribution in [3.63, 3.8) is 0 Å². The van der Waals surface area contributed by atoms with Crippen molar-refractivity contribution in [2.45, 2.75) is 43.7 Å². The molecule has 0 aliphatic carbocycles. The lowest BCUT2D eigenvalue weighted by molar-refractivity contribution is 0.291. The molecule has 0 bridgehead atoms. The number of thioether (sulfide) groups is 1. The lowest BCUT2D eigenvalue weighted by atomic mass is 9.87. The fourth-order valence-corrected chi connectivity index (χ4v) is 3.78. The molecule has 3 N–H and O–H groups in total. The van der Waals surface area contributed by atoms with E-state index in [2.05, 4.69) is 53.1 Å². The van der Waals surface area contributed by atoms with Crippen molar-refractivity contribution in [2.24, 2.45) is 0 Å². The SMILES string of the molecule is CC(C)(C)c1ccc(OCc2nnc(SCc3nc4ccccc4c(=O)[nH]3)n2N)cc1. The van der Waals surface area contributed by atoms with Crippen molar-refractivity contribution in [1.29, 1.82) is 0 Å². The highest BCUT2D eigenvalue weighted by Crippen LogP contribution is 2.25. The second-order valence-electron chi connectivity index (χ2n) is 8.15. The first kappa shape index (κ1) is 20.9. The Kier molecular flexibility index (Phi) is 5.69. The zero-order chi connectivity index (χ0) is 22.0. The number of fused-ring (bicyclic) bond motifs is 1. The summed E-state index contributed by atoms with van der Waals surface area (Å²) in [7, 11) is 0. The van der Waals surface area contributed by atoms with E-state index in [9.17, 15) is 4.79 Å². The monoisotopic (exact) mass is 436 g/mol. The van der Waals surface area contributed by atoms with E-state index in [4.69, 9.17) is 10.6 Å². The van der Waals surface area contributed by atoms with Crippen LogP contribution in [0.15, 0.2) is 58.5 Å². The van der Waals surface area contributed by atoms with E-state index in [1.54, 1.807) is 6.07 Å². The number of hydrogen-bond acceptors (Lipinski definition) is 7. The molecule has 0 unspecified atom stereocenters. The molecule has 31 heavy (non-hydrogen) atoms. The average molecular weight is 437 g/mol. The Bertz CT molecular complexity index is 1260. The van der Waals surface area contributed by atoms with E-state index in [-0.39, 0.29) is 17.6 Å². The molecular formula is C22H24N6O2S. The molecule has 0 spiro atoms. The average Bonchev–Trinajstić information content (AvgIpc) is 3.10. The third-order valence-corrected chi connectivity index (χ3v) is 5.78. The van der Waals surface area contributed by atoms with E-state index >= 15 is 0 Å². The number of nitrogens with two attached hydrogens (primary N) is 1. The number of benzene rings is 2. The van der Waals surface area contributed by atoms with Gasteiger partial charge in [0.2, 0.25) is 5.16 Å². The van der Waals surface area contributed by atoms with Crippen molar-refractivity contribution < 1.29 is 4.74 Å². The van der Waals surface area contributed by atoms with Gasteiger partial charge in [-0.05, 0) is 35.2 Å². The van der Waals surface area contributed by atoms with Gasteiger partial charge >= 0.3 is 0 Å². The fourth-order valence-electron chi connectivity index (χ4n) is 3.04. The van der Waals surface area contributed by atoms with Gasteiger partial charge in [0.25, 0.3) is 5.56 Å². The van der Waals surface area contributed by atoms with Gasteiger partial charge in [-0.2, -0.15) is 0 Å². The number of nitrogens with zero attached hydrogens (tertiary/aromatic N) is 4. The summed E-state index contributed by atoms with van der Waals surface area (Å²) in [6.07, 6.45) is 0. The molecular weight excluding hydrogens is 412 g/mol. The Balaban J connectivity index is 1.40. The van der Waals surface area contributed by atoms with Gasteiger partial charge in [0.05, 0.1) is 16.7 Å². The summed E-state index contributed by atoms with van der Waals surface area (Å²) in [4.78, 5) is 19.5. The smallest absolute Gasteiger partial charge is 0.258 e. The molecule has 160 valence electrons. The van der Waals surface area contributed by atoms with Gasteiger partial charge in [-0.15, -0.1) is 10.2 Å². The lowest BCUT2D eigenvalue weighted by Crippen LogP contribution is -2.16. The zero-order valence-corrected chi connectivity index (χ0v) is 18.4.